The third-order valence-electron chi connectivity index (χ3n) is 6.44. The zero-order chi connectivity index (χ0) is 26.6. The summed E-state index contributed by atoms with van der Waals surface area (Å²) in [5, 5.41) is 2.91. The van der Waals surface area contributed by atoms with Gasteiger partial charge in [-0.15, -0.1) is 0 Å². The van der Waals surface area contributed by atoms with E-state index in [4.69, 9.17) is 14.2 Å². The number of aromatic nitrogens is 2. The standard InChI is InChI=1S/C30H31N3O5/c1-4-20-10-14-23(15-11-20)33-29(35)25-18-21-8-7-9-26(37-6-3)28(21)38-30(25)32(33)19-27(34)31-22-12-16-24(17-13-22)36-5-2/h7-17H,4-6,18-19H2,1-3H3,(H,31,34). The molecule has 0 saturated heterocycles. The molecule has 8 heteroatoms. The maximum atomic E-state index is 13.7. The van der Waals surface area contributed by atoms with Gasteiger partial charge < -0.3 is 19.5 Å². The number of benzene rings is 3. The summed E-state index contributed by atoms with van der Waals surface area (Å²) in [6.07, 6.45) is 1.26. The Hall–Kier alpha value is -4.46. The quantitative estimate of drug-likeness (QED) is 0.288. The van der Waals surface area contributed by atoms with Crippen LogP contribution >= 0.6 is 0 Å². The topological polar surface area (TPSA) is 83.7 Å². The first kappa shape index (κ1) is 25.2. The van der Waals surface area contributed by atoms with Gasteiger partial charge in [0.25, 0.3) is 5.56 Å². The number of hydrogen-bond donors (Lipinski definition) is 1. The van der Waals surface area contributed by atoms with E-state index in [-0.39, 0.29) is 18.0 Å². The van der Waals surface area contributed by atoms with Gasteiger partial charge in [0.15, 0.2) is 11.5 Å². The average molecular weight is 514 g/mol. The molecule has 1 aliphatic rings. The Morgan fingerprint density at radius 1 is 0.947 bits per heavy atom. The number of carbonyl (C=O) groups is 1. The Bertz CT molecular complexity index is 1500. The smallest absolute Gasteiger partial charge is 0.278 e. The molecule has 2 heterocycles. The summed E-state index contributed by atoms with van der Waals surface area (Å²) in [4.78, 5) is 27.0. The van der Waals surface area contributed by atoms with Crippen LogP contribution in [0.3, 0.4) is 0 Å². The van der Waals surface area contributed by atoms with Crippen LogP contribution in [0.5, 0.6) is 23.1 Å². The fraction of sp³-hybridized carbons (Fsp3) is 0.267. The Morgan fingerprint density at radius 2 is 1.68 bits per heavy atom. The largest absolute Gasteiger partial charge is 0.494 e. The number of amides is 1. The molecule has 5 rings (SSSR count). The molecular weight excluding hydrogens is 482 g/mol. The van der Waals surface area contributed by atoms with Gasteiger partial charge >= 0.3 is 0 Å². The third kappa shape index (κ3) is 4.89. The predicted octanol–water partition coefficient (Wildman–Crippen LogP) is 5.33. The Balaban J connectivity index is 1.53. The number of anilines is 1. The minimum atomic E-state index is -0.293. The lowest BCUT2D eigenvalue weighted by Gasteiger charge is -2.21. The van der Waals surface area contributed by atoms with Gasteiger partial charge in [0.1, 0.15) is 12.3 Å². The van der Waals surface area contributed by atoms with Crippen LogP contribution in [0.4, 0.5) is 5.69 Å². The molecule has 8 nitrogen and oxygen atoms in total. The highest BCUT2D eigenvalue weighted by Gasteiger charge is 2.31. The molecule has 0 bridgehead atoms. The molecule has 0 spiro atoms. The molecule has 1 aliphatic heterocycles. The molecule has 196 valence electrons. The average Bonchev–Trinajstić information content (AvgIpc) is 3.19. The second-order valence-electron chi connectivity index (χ2n) is 8.94. The van der Waals surface area contributed by atoms with Crippen LogP contribution in [0, 0.1) is 0 Å². The second-order valence-corrected chi connectivity index (χ2v) is 8.94. The van der Waals surface area contributed by atoms with Gasteiger partial charge in [-0.3, -0.25) is 9.59 Å². The van der Waals surface area contributed by atoms with E-state index < -0.39 is 0 Å². The van der Waals surface area contributed by atoms with Crippen molar-refractivity contribution in [2.75, 3.05) is 18.5 Å². The predicted molar refractivity (Wildman–Crippen MR) is 146 cm³/mol. The molecule has 1 aromatic heterocycles. The van der Waals surface area contributed by atoms with Crippen LogP contribution in [0.2, 0.25) is 0 Å². The third-order valence-corrected chi connectivity index (χ3v) is 6.44. The first-order valence-corrected chi connectivity index (χ1v) is 12.9. The minimum Gasteiger partial charge on any atom is -0.494 e. The maximum absolute atomic E-state index is 13.7. The fourth-order valence-corrected chi connectivity index (χ4v) is 4.62. The van der Waals surface area contributed by atoms with Gasteiger partial charge in [-0.2, -0.15) is 0 Å². The van der Waals surface area contributed by atoms with Crippen molar-refractivity contribution >= 4 is 11.6 Å². The van der Waals surface area contributed by atoms with E-state index in [0.717, 1.165) is 23.3 Å². The summed E-state index contributed by atoms with van der Waals surface area (Å²) < 4.78 is 20.7. The summed E-state index contributed by atoms with van der Waals surface area (Å²) in [7, 11) is 0. The lowest BCUT2D eigenvalue weighted by molar-refractivity contribution is -0.117. The van der Waals surface area contributed by atoms with Crippen LogP contribution in [0.25, 0.3) is 5.69 Å². The molecule has 0 unspecified atom stereocenters. The lowest BCUT2D eigenvalue weighted by atomic mass is 10.0. The van der Waals surface area contributed by atoms with Crippen LogP contribution in [-0.4, -0.2) is 28.5 Å². The molecule has 38 heavy (non-hydrogen) atoms. The summed E-state index contributed by atoms with van der Waals surface area (Å²) in [5.74, 6) is 1.95. The normalized spacial score (nSPS) is 11.8. The summed E-state index contributed by atoms with van der Waals surface area (Å²) in [5.41, 5.74) is 3.59. The van der Waals surface area contributed by atoms with Gasteiger partial charge in [-0.1, -0.05) is 31.2 Å². The molecule has 1 N–H and O–H groups in total. The number of para-hydroxylation sites is 1. The van der Waals surface area contributed by atoms with E-state index in [1.165, 1.54) is 4.68 Å². The number of nitrogens with one attached hydrogen (secondary N) is 1. The zero-order valence-electron chi connectivity index (χ0n) is 21.8. The van der Waals surface area contributed by atoms with E-state index in [1.807, 2.05) is 56.3 Å². The molecule has 1 amide bonds. The van der Waals surface area contributed by atoms with Crippen LogP contribution in [0.1, 0.15) is 37.5 Å². The number of fused-ring (bicyclic) bond motifs is 2. The van der Waals surface area contributed by atoms with Gasteiger partial charge in [0, 0.05) is 17.7 Å². The SMILES string of the molecule is CCOc1ccc(NC(=O)Cn2c3c(c(=O)n2-c2ccc(CC)cc2)Cc2cccc(OCC)c2O3)cc1. The van der Waals surface area contributed by atoms with Crippen molar-refractivity contribution in [3.05, 3.63) is 93.8 Å². The van der Waals surface area contributed by atoms with E-state index in [1.54, 1.807) is 28.9 Å². The maximum Gasteiger partial charge on any atom is 0.278 e. The summed E-state index contributed by atoms with van der Waals surface area (Å²) >= 11 is 0. The van der Waals surface area contributed by atoms with Crippen LogP contribution in [0.15, 0.2) is 71.5 Å². The Labute approximate surface area is 221 Å². The summed E-state index contributed by atoms with van der Waals surface area (Å²) in [6, 6.07) is 20.6. The molecule has 0 fully saturated rings. The highest BCUT2D eigenvalue weighted by molar-refractivity contribution is 5.90. The highest BCUT2D eigenvalue weighted by Crippen LogP contribution is 2.42. The van der Waals surface area contributed by atoms with Crippen molar-refractivity contribution in [3.63, 3.8) is 0 Å². The molecular formula is C30H31N3O5. The first-order valence-electron chi connectivity index (χ1n) is 12.9. The molecule has 0 atom stereocenters. The van der Waals surface area contributed by atoms with E-state index >= 15 is 0 Å². The first-order chi connectivity index (χ1) is 18.5. The lowest BCUT2D eigenvalue weighted by Crippen LogP contribution is -2.27. The van der Waals surface area contributed by atoms with Crippen molar-refractivity contribution in [1.29, 1.82) is 0 Å². The number of rotatable bonds is 9. The van der Waals surface area contributed by atoms with Gasteiger partial charge in [0.05, 0.1) is 24.5 Å². The van der Waals surface area contributed by atoms with Gasteiger partial charge in [0.2, 0.25) is 11.8 Å². The van der Waals surface area contributed by atoms with Crippen molar-refractivity contribution in [3.8, 4) is 28.8 Å². The van der Waals surface area contributed by atoms with Crippen molar-refractivity contribution in [2.24, 2.45) is 0 Å². The summed E-state index contributed by atoms with van der Waals surface area (Å²) in [6.45, 7) is 6.82. The van der Waals surface area contributed by atoms with Crippen molar-refractivity contribution in [2.45, 2.75) is 40.2 Å². The number of aryl methyl sites for hydroxylation is 1. The zero-order valence-corrected chi connectivity index (χ0v) is 21.8. The van der Waals surface area contributed by atoms with Crippen LogP contribution in [-0.2, 0) is 24.2 Å². The molecule has 4 aromatic rings. The van der Waals surface area contributed by atoms with Crippen molar-refractivity contribution in [1.82, 2.24) is 9.36 Å². The fourth-order valence-electron chi connectivity index (χ4n) is 4.62. The number of carbonyl (C=O) groups excluding carboxylic acids is 1. The van der Waals surface area contributed by atoms with E-state index in [0.29, 0.717) is 54.0 Å². The molecule has 3 aromatic carbocycles. The van der Waals surface area contributed by atoms with Gasteiger partial charge in [-0.25, -0.2) is 9.36 Å². The highest BCUT2D eigenvalue weighted by atomic mass is 16.5. The van der Waals surface area contributed by atoms with Gasteiger partial charge in [-0.05, 0) is 68.3 Å². The van der Waals surface area contributed by atoms with E-state index in [9.17, 15) is 9.59 Å². The number of hydrogen-bond acceptors (Lipinski definition) is 5. The van der Waals surface area contributed by atoms with Crippen molar-refractivity contribution < 1.29 is 19.0 Å². The second kappa shape index (κ2) is 10.9. The monoisotopic (exact) mass is 513 g/mol. The molecule has 0 radical (unpaired) electrons. The Kier molecular flexibility index (Phi) is 7.22. The van der Waals surface area contributed by atoms with Crippen LogP contribution < -0.4 is 25.1 Å². The number of nitrogens with zero attached hydrogens (tertiary/aromatic N) is 2. The van der Waals surface area contributed by atoms with E-state index in [2.05, 4.69) is 12.2 Å². The minimum absolute atomic E-state index is 0.126. The molecule has 0 saturated carbocycles. The molecule has 0 aliphatic carbocycles. The Morgan fingerprint density at radius 3 is 2.37 bits per heavy atom. The number of ether oxygens (including phenoxy) is 3.